The zero-order valence-corrected chi connectivity index (χ0v) is 7.18. The van der Waals surface area contributed by atoms with E-state index in [2.05, 4.69) is 13.2 Å². The molecule has 0 aromatic rings. The first-order chi connectivity index (χ1) is 5.66. The van der Waals surface area contributed by atoms with E-state index in [0.717, 1.165) is 0 Å². The number of allylic oxidation sites excluding steroid dienone is 3. The summed E-state index contributed by atoms with van der Waals surface area (Å²) >= 11 is 0. The van der Waals surface area contributed by atoms with Crippen molar-refractivity contribution in [1.82, 2.24) is 0 Å². The van der Waals surface area contributed by atoms with Crippen molar-refractivity contribution in [2.75, 3.05) is 20.3 Å². The van der Waals surface area contributed by atoms with Gasteiger partial charge in [-0.3, -0.25) is 0 Å². The zero-order chi connectivity index (χ0) is 9.40. The molecule has 0 saturated carbocycles. The van der Waals surface area contributed by atoms with Crippen LogP contribution in [0.25, 0.3) is 0 Å². The zero-order valence-electron chi connectivity index (χ0n) is 7.18. The summed E-state index contributed by atoms with van der Waals surface area (Å²) in [6, 6.07) is 0. The van der Waals surface area contributed by atoms with E-state index in [4.69, 9.17) is 9.47 Å². The van der Waals surface area contributed by atoms with Crippen LogP contribution >= 0.6 is 0 Å². The van der Waals surface area contributed by atoms with Crippen molar-refractivity contribution in [2.45, 2.75) is 0 Å². The third kappa shape index (κ3) is 7.02. The Balaban J connectivity index is 3.53. The molecule has 0 aliphatic heterocycles. The lowest BCUT2D eigenvalue weighted by atomic mass is 10.4. The molecule has 3 heteroatoms. The predicted molar refractivity (Wildman–Crippen MR) is 46.4 cm³/mol. The predicted octanol–water partition coefficient (Wildman–Crippen LogP) is 2.20. The van der Waals surface area contributed by atoms with Crippen LogP contribution in [-0.4, -0.2) is 20.3 Å². The highest BCUT2D eigenvalue weighted by Gasteiger charge is 1.88. The van der Waals surface area contributed by atoms with Crippen molar-refractivity contribution in [3.63, 3.8) is 0 Å². The monoisotopic (exact) mass is 172 g/mol. The Morgan fingerprint density at radius 3 is 2.50 bits per heavy atom. The molecule has 0 atom stereocenters. The maximum Gasteiger partial charge on any atom is 0.116 e. The van der Waals surface area contributed by atoms with Gasteiger partial charge in [0.25, 0.3) is 0 Å². The summed E-state index contributed by atoms with van der Waals surface area (Å²) in [5.74, 6) is -0.127. The topological polar surface area (TPSA) is 18.5 Å². The normalized spacial score (nSPS) is 10.2. The largest absolute Gasteiger partial charge is 0.492 e. The number of halogens is 1. The molecule has 0 amide bonds. The minimum absolute atomic E-state index is 0.394. The van der Waals surface area contributed by atoms with Crippen molar-refractivity contribution < 1.29 is 13.9 Å². The fourth-order valence-corrected chi connectivity index (χ4v) is 0.488. The van der Waals surface area contributed by atoms with Crippen LogP contribution in [0.1, 0.15) is 0 Å². The number of hydrogen-bond acceptors (Lipinski definition) is 2. The molecule has 68 valence electrons. The van der Waals surface area contributed by atoms with Gasteiger partial charge in [-0.2, -0.15) is 0 Å². The molecule has 0 aromatic carbocycles. The molecule has 0 bridgehead atoms. The van der Waals surface area contributed by atoms with Crippen LogP contribution < -0.4 is 0 Å². The van der Waals surface area contributed by atoms with E-state index in [1.807, 2.05) is 0 Å². The number of rotatable bonds is 6. The summed E-state index contributed by atoms with van der Waals surface area (Å²) in [6.45, 7) is 7.48. The summed E-state index contributed by atoms with van der Waals surface area (Å²) in [5, 5.41) is 0. The molecule has 12 heavy (non-hydrogen) atoms. The van der Waals surface area contributed by atoms with Crippen LogP contribution in [0.4, 0.5) is 4.39 Å². The van der Waals surface area contributed by atoms with E-state index < -0.39 is 5.83 Å². The second kappa shape index (κ2) is 6.61. The minimum atomic E-state index is -0.522. The molecule has 0 aliphatic rings. The average Bonchev–Trinajstić information content (AvgIpc) is 2.01. The van der Waals surface area contributed by atoms with Crippen LogP contribution in [-0.2, 0) is 9.47 Å². The fourth-order valence-electron chi connectivity index (χ4n) is 0.488. The summed E-state index contributed by atoms with van der Waals surface area (Å²) < 4.78 is 21.8. The van der Waals surface area contributed by atoms with E-state index in [0.29, 0.717) is 19.0 Å². The molecule has 2 nitrogen and oxygen atoms in total. The molecule has 0 unspecified atom stereocenters. The number of hydrogen-bond donors (Lipinski definition) is 0. The first-order valence-corrected chi connectivity index (χ1v) is 3.50. The van der Waals surface area contributed by atoms with Crippen LogP contribution in [0.15, 0.2) is 36.9 Å². The molecule has 0 fully saturated rings. The summed E-state index contributed by atoms with van der Waals surface area (Å²) in [4.78, 5) is 0. The number of ether oxygens (including phenoxy) is 2. The molecule has 0 spiro atoms. The molecule has 0 heterocycles. The third-order valence-electron chi connectivity index (χ3n) is 1.02. The first kappa shape index (κ1) is 10.9. The lowest BCUT2D eigenvalue weighted by Crippen LogP contribution is -1.99. The number of methoxy groups -OCH3 is 1. The highest BCUT2D eigenvalue weighted by molar-refractivity contribution is 5.16. The van der Waals surface area contributed by atoms with Crippen molar-refractivity contribution in [1.29, 1.82) is 0 Å². The summed E-state index contributed by atoms with van der Waals surface area (Å²) in [6.07, 6.45) is 2.60. The van der Waals surface area contributed by atoms with Gasteiger partial charge in [-0.25, -0.2) is 4.39 Å². The van der Waals surface area contributed by atoms with Gasteiger partial charge >= 0.3 is 0 Å². The third-order valence-corrected chi connectivity index (χ3v) is 1.02. The van der Waals surface area contributed by atoms with Gasteiger partial charge in [-0.1, -0.05) is 13.2 Å². The van der Waals surface area contributed by atoms with Gasteiger partial charge in [0.05, 0.1) is 6.61 Å². The van der Waals surface area contributed by atoms with Crippen LogP contribution in [0.2, 0.25) is 0 Å². The van der Waals surface area contributed by atoms with Gasteiger partial charge in [0.2, 0.25) is 0 Å². The lowest BCUT2D eigenvalue weighted by Gasteiger charge is -2.03. The standard InChI is InChI=1S/C9H13FO2/c1-8(10)4-5-9(2)12-7-6-11-3/h4-5H,1-2,6-7H2,3H3/b5-4-. The SMILES string of the molecule is C=C(F)/C=C\C(=C)OCCOC. The Hall–Kier alpha value is -1.09. The Bertz CT molecular complexity index is 185. The smallest absolute Gasteiger partial charge is 0.116 e. The van der Waals surface area contributed by atoms with Crippen molar-refractivity contribution in [2.24, 2.45) is 0 Å². The molecule has 0 aromatic heterocycles. The molecular formula is C9H13FO2. The summed E-state index contributed by atoms with van der Waals surface area (Å²) in [5.41, 5.74) is 0. The fraction of sp³-hybridized carbons (Fsp3) is 0.333. The molecule has 0 N–H and O–H groups in total. The highest BCUT2D eigenvalue weighted by Crippen LogP contribution is 2.00. The van der Waals surface area contributed by atoms with E-state index in [-0.39, 0.29) is 0 Å². The Kier molecular flexibility index (Phi) is 6.01. The Morgan fingerprint density at radius 1 is 1.33 bits per heavy atom. The van der Waals surface area contributed by atoms with Gasteiger partial charge in [0.1, 0.15) is 18.2 Å². The molecule has 0 rings (SSSR count). The molecular weight excluding hydrogens is 159 g/mol. The van der Waals surface area contributed by atoms with Crippen LogP contribution in [0.3, 0.4) is 0 Å². The highest BCUT2D eigenvalue weighted by atomic mass is 19.1. The molecule has 0 radical (unpaired) electrons. The minimum Gasteiger partial charge on any atom is -0.492 e. The molecule has 0 aliphatic carbocycles. The van der Waals surface area contributed by atoms with Crippen LogP contribution in [0.5, 0.6) is 0 Å². The van der Waals surface area contributed by atoms with Gasteiger partial charge in [-0.05, 0) is 12.2 Å². The van der Waals surface area contributed by atoms with Gasteiger partial charge in [-0.15, -0.1) is 0 Å². The van der Waals surface area contributed by atoms with Gasteiger partial charge in [0, 0.05) is 7.11 Å². The van der Waals surface area contributed by atoms with E-state index in [9.17, 15) is 4.39 Å². The average molecular weight is 172 g/mol. The van der Waals surface area contributed by atoms with Crippen molar-refractivity contribution in [3.05, 3.63) is 36.9 Å². The van der Waals surface area contributed by atoms with Crippen molar-refractivity contribution in [3.8, 4) is 0 Å². The second-order valence-corrected chi connectivity index (χ2v) is 2.09. The maximum atomic E-state index is 12.0. The van der Waals surface area contributed by atoms with Gasteiger partial charge < -0.3 is 9.47 Å². The quantitative estimate of drug-likeness (QED) is 0.347. The van der Waals surface area contributed by atoms with Crippen molar-refractivity contribution >= 4 is 0 Å². The Morgan fingerprint density at radius 2 is 2.00 bits per heavy atom. The summed E-state index contributed by atoms with van der Waals surface area (Å²) in [7, 11) is 1.57. The van der Waals surface area contributed by atoms with Crippen LogP contribution in [0, 0.1) is 0 Å². The first-order valence-electron chi connectivity index (χ1n) is 3.50. The second-order valence-electron chi connectivity index (χ2n) is 2.09. The van der Waals surface area contributed by atoms with E-state index >= 15 is 0 Å². The maximum absolute atomic E-state index is 12.0. The molecule has 0 saturated heterocycles. The Labute approximate surface area is 72.0 Å². The van der Waals surface area contributed by atoms with E-state index in [1.54, 1.807) is 7.11 Å². The lowest BCUT2D eigenvalue weighted by molar-refractivity contribution is 0.115. The van der Waals surface area contributed by atoms with E-state index in [1.165, 1.54) is 12.2 Å². The van der Waals surface area contributed by atoms with Gasteiger partial charge in [0.15, 0.2) is 0 Å².